The van der Waals surface area contributed by atoms with E-state index >= 15 is 0 Å². The molecule has 0 amide bonds. The second-order valence-electron chi connectivity index (χ2n) is 5.72. The molecular weight excluding hydrogens is 330 g/mol. The van der Waals surface area contributed by atoms with Crippen molar-refractivity contribution in [3.63, 3.8) is 0 Å². The van der Waals surface area contributed by atoms with Crippen LogP contribution in [-0.2, 0) is 4.79 Å². The SMILES string of the molecule is CCC1CN2C(C(=O)O)=C(CSC(=O)c3ccccc3)CSC12. The molecule has 0 aromatic heterocycles. The van der Waals surface area contributed by atoms with Crippen LogP contribution >= 0.6 is 23.5 Å². The standard InChI is InChI=1S/C17H19NO3S2/c1-2-11-8-18-14(16(19)20)13(9-22-15(11)18)10-23-17(21)12-6-4-3-5-7-12/h3-7,11,15H,2,8-10H2,1H3,(H,19,20). The van der Waals surface area contributed by atoms with Gasteiger partial charge in [-0.25, -0.2) is 4.79 Å². The van der Waals surface area contributed by atoms with E-state index in [1.165, 1.54) is 11.8 Å². The lowest BCUT2D eigenvalue weighted by Crippen LogP contribution is -2.56. The monoisotopic (exact) mass is 349 g/mol. The summed E-state index contributed by atoms with van der Waals surface area (Å²) in [7, 11) is 0. The van der Waals surface area contributed by atoms with Gasteiger partial charge in [0.05, 0.1) is 5.37 Å². The van der Waals surface area contributed by atoms with Gasteiger partial charge in [0.1, 0.15) is 5.70 Å². The highest BCUT2D eigenvalue weighted by Crippen LogP contribution is 2.44. The summed E-state index contributed by atoms with van der Waals surface area (Å²) in [6.45, 7) is 2.97. The van der Waals surface area contributed by atoms with E-state index in [-0.39, 0.29) is 5.12 Å². The lowest BCUT2D eigenvalue weighted by atomic mass is 9.94. The van der Waals surface area contributed by atoms with E-state index in [0.717, 1.165) is 18.5 Å². The maximum atomic E-state index is 12.2. The molecule has 3 rings (SSSR count). The fourth-order valence-corrected chi connectivity index (χ4v) is 5.50. The molecule has 6 heteroatoms. The van der Waals surface area contributed by atoms with Gasteiger partial charge >= 0.3 is 5.97 Å². The Morgan fingerprint density at radius 3 is 2.74 bits per heavy atom. The minimum absolute atomic E-state index is 0.00925. The van der Waals surface area contributed by atoms with Gasteiger partial charge in [0, 0.05) is 29.5 Å². The highest BCUT2D eigenvalue weighted by atomic mass is 32.2. The number of carbonyl (C=O) groups excluding carboxylic acids is 1. The van der Waals surface area contributed by atoms with Crippen molar-refractivity contribution in [2.75, 3.05) is 18.1 Å². The maximum absolute atomic E-state index is 12.2. The molecule has 122 valence electrons. The summed E-state index contributed by atoms with van der Waals surface area (Å²) in [4.78, 5) is 25.8. The van der Waals surface area contributed by atoms with E-state index in [2.05, 4.69) is 6.92 Å². The molecule has 2 unspecified atom stereocenters. The first kappa shape index (κ1) is 16.5. The molecule has 1 fully saturated rings. The van der Waals surface area contributed by atoms with Crippen molar-refractivity contribution < 1.29 is 14.7 Å². The summed E-state index contributed by atoms with van der Waals surface area (Å²) < 4.78 is 0. The Bertz CT molecular complexity index is 644. The molecule has 0 radical (unpaired) electrons. The van der Waals surface area contributed by atoms with Crippen LogP contribution in [0, 0.1) is 5.92 Å². The molecule has 1 aromatic carbocycles. The number of aliphatic carboxylic acids is 1. The summed E-state index contributed by atoms with van der Waals surface area (Å²) in [6.07, 6.45) is 1.08. The lowest BCUT2D eigenvalue weighted by Gasteiger charge is -2.52. The Balaban J connectivity index is 1.71. The molecule has 2 heterocycles. The lowest BCUT2D eigenvalue weighted by molar-refractivity contribution is -0.135. The van der Waals surface area contributed by atoms with Gasteiger partial charge in [-0.2, -0.15) is 0 Å². The largest absolute Gasteiger partial charge is 0.477 e. The van der Waals surface area contributed by atoms with Gasteiger partial charge < -0.3 is 10.0 Å². The number of hydrogen-bond acceptors (Lipinski definition) is 5. The van der Waals surface area contributed by atoms with E-state index < -0.39 is 5.97 Å². The van der Waals surface area contributed by atoms with Gasteiger partial charge in [0.15, 0.2) is 0 Å². The van der Waals surface area contributed by atoms with Crippen molar-refractivity contribution in [1.82, 2.24) is 4.90 Å². The molecule has 0 bridgehead atoms. The van der Waals surface area contributed by atoms with E-state index in [9.17, 15) is 14.7 Å². The number of carbonyl (C=O) groups is 2. The van der Waals surface area contributed by atoms with Crippen molar-refractivity contribution in [1.29, 1.82) is 0 Å². The van der Waals surface area contributed by atoms with Gasteiger partial charge in [-0.15, -0.1) is 11.8 Å². The number of rotatable bonds is 5. The molecule has 0 aliphatic carbocycles. The van der Waals surface area contributed by atoms with Crippen molar-refractivity contribution in [2.45, 2.75) is 18.7 Å². The summed E-state index contributed by atoms with van der Waals surface area (Å²) >= 11 is 2.99. The van der Waals surface area contributed by atoms with Crippen LogP contribution in [0.2, 0.25) is 0 Å². The number of carboxylic acids is 1. The normalized spacial score (nSPS) is 23.3. The first-order valence-corrected chi connectivity index (χ1v) is 9.71. The van der Waals surface area contributed by atoms with E-state index in [4.69, 9.17) is 0 Å². The van der Waals surface area contributed by atoms with Crippen LogP contribution in [0.3, 0.4) is 0 Å². The predicted molar refractivity (Wildman–Crippen MR) is 94.6 cm³/mol. The Morgan fingerprint density at radius 2 is 2.09 bits per heavy atom. The smallest absolute Gasteiger partial charge is 0.352 e. The topological polar surface area (TPSA) is 57.6 Å². The molecule has 1 aromatic rings. The minimum atomic E-state index is -0.868. The number of benzene rings is 1. The maximum Gasteiger partial charge on any atom is 0.352 e. The average molecular weight is 349 g/mol. The molecule has 2 atom stereocenters. The number of hydrogen-bond donors (Lipinski definition) is 1. The fourth-order valence-electron chi connectivity index (χ4n) is 2.99. The Morgan fingerprint density at radius 1 is 1.35 bits per heavy atom. The zero-order chi connectivity index (χ0) is 16.4. The minimum Gasteiger partial charge on any atom is -0.477 e. The van der Waals surface area contributed by atoms with Gasteiger partial charge in [-0.1, -0.05) is 49.0 Å². The molecule has 1 saturated heterocycles. The second kappa shape index (κ2) is 7.01. The quantitative estimate of drug-likeness (QED) is 0.880. The van der Waals surface area contributed by atoms with Gasteiger partial charge in [0.25, 0.3) is 0 Å². The van der Waals surface area contributed by atoms with Crippen molar-refractivity contribution in [3.05, 3.63) is 47.2 Å². The summed E-state index contributed by atoms with van der Waals surface area (Å²) in [5.74, 6) is 0.860. The molecule has 23 heavy (non-hydrogen) atoms. The van der Waals surface area contributed by atoms with E-state index in [1.54, 1.807) is 23.9 Å². The van der Waals surface area contributed by atoms with Crippen LogP contribution < -0.4 is 0 Å². The third kappa shape index (κ3) is 3.28. The van der Waals surface area contributed by atoms with Crippen molar-refractivity contribution >= 4 is 34.6 Å². The van der Waals surface area contributed by atoms with E-state index in [0.29, 0.717) is 34.1 Å². The predicted octanol–water partition coefficient (Wildman–Crippen LogP) is 3.31. The van der Waals surface area contributed by atoms with Crippen LogP contribution in [0.4, 0.5) is 0 Å². The highest BCUT2D eigenvalue weighted by molar-refractivity contribution is 8.14. The molecular formula is C17H19NO3S2. The number of nitrogens with zero attached hydrogens (tertiary/aromatic N) is 1. The van der Waals surface area contributed by atoms with Crippen LogP contribution in [0.5, 0.6) is 0 Å². The molecule has 2 aliphatic rings. The molecule has 0 saturated carbocycles. The summed E-state index contributed by atoms with van der Waals surface area (Å²) in [6, 6.07) is 9.12. The fraction of sp³-hybridized carbons (Fsp3) is 0.412. The molecule has 0 spiro atoms. The van der Waals surface area contributed by atoms with Crippen molar-refractivity contribution in [3.8, 4) is 0 Å². The third-order valence-electron chi connectivity index (χ3n) is 4.31. The first-order valence-electron chi connectivity index (χ1n) is 7.67. The van der Waals surface area contributed by atoms with Crippen LogP contribution in [0.15, 0.2) is 41.6 Å². The summed E-state index contributed by atoms with van der Waals surface area (Å²) in [5, 5.41) is 9.86. The Hall–Kier alpha value is -1.40. The Labute approximate surface area is 144 Å². The van der Waals surface area contributed by atoms with Gasteiger partial charge in [-0.05, 0) is 12.0 Å². The zero-order valence-corrected chi connectivity index (χ0v) is 14.5. The first-order chi connectivity index (χ1) is 11.1. The average Bonchev–Trinajstić information content (AvgIpc) is 2.54. The molecule has 2 aliphatic heterocycles. The van der Waals surface area contributed by atoms with Crippen LogP contribution in [-0.4, -0.2) is 44.5 Å². The van der Waals surface area contributed by atoms with Crippen molar-refractivity contribution in [2.24, 2.45) is 5.92 Å². The van der Waals surface area contributed by atoms with Gasteiger partial charge in [0.2, 0.25) is 5.12 Å². The highest BCUT2D eigenvalue weighted by Gasteiger charge is 2.44. The molecule has 4 nitrogen and oxygen atoms in total. The molecule has 1 N–H and O–H groups in total. The third-order valence-corrected chi connectivity index (χ3v) is 6.79. The second-order valence-corrected chi connectivity index (χ2v) is 7.77. The van der Waals surface area contributed by atoms with E-state index in [1.807, 2.05) is 23.1 Å². The van der Waals surface area contributed by atoms with Crippen LogP contribution in [0.1, 0.15) is 23.7 Å². The zero-order valence-electron chi connectivity index (χ0n) is 12.9. The number of fused-ring (bicyclic) bond motifs is 1. The van der Waals surface area contributed by atoms with Gasteiger partial charge in [-0.3, -0.25) is 4.79 Å². The Kier molecular flexibility index (Phi) is 5.02. The summed E-state index contributed by atoms with van der Waals surface area (Å²) in [5.41, 5.74) is 1.95. The number of carboxylic acid groups (broad SMARTS) is 1. The van der Waals surface area contributed by atoms with Crippen LogP contribution in [0.25, 0.3) is 0 Å². The number of thioether (sulfide) groups is 2.